The summed E-state index contributed by atoms with van der Waals surface area (Å²) in [6.45, 7) is 7.32. The van der Waals surface area contributed by atoms with Crippen molar-refractivity contribution >= 4 is 16.9 Å². The van der Waals surface area contributed by atoms with Gasteiger partial charge in [-0.2, -0.15) is 0 Å². The van der Waals surface area contributed by atoms with Crippen LogP contribution in [0.1, 0.15) is 21.6 Å². The van der Waals surface area contributed by atoms with Gasteiger partial charge in [-0.25, -0.2) is 4.79 Å². The molecular weight excluding hydrogens is 266 g/mol. The molecule has 3 rings (SSSR count). The summed E-state index contributed by atoms with van der Waals surface area (Å²) in [7, 11) is 0. The fraction of sp³-hybridized carbons (Fsp3) is 0.438. The van der Waals surface area contributed by atoms with Crippen LogP contribution in [0.25, 0.3) is 10.9 Å². The van der Waals surface area contributed by atoms with Crippen LogP contribution in [0, 0.1) is 6.92 Å². The highest BCUT2D eigenvalue weighted by Gasteiger charge is 2.16. The Balaban J connectivity index is 1.86. The molecule has 0 spiro atoms. The van der Waals surface area contributed by atoms with Crippen LogP contribution in [0.15, 0.2) is 18.2 Å². The first-order valence-corrected chi connectivity index (χ1v) is 7.43. The van der Waals surface area contributed by atoms with Crippen molar-refractivity contribution in [3.63, 3.8) is 0 Å². The van der Waals surface area contributed by atoms with Crippen LogP contribution in [-0.4, -0.2) is 53.7 Å². The van der Waals surface area contributed by atoms with Crippen LogP contribution in [0.4, 0.5) is 0 Å². The average molecular weight is 287 g/mol. The molecule has 0 saturated carbocycles. The maximum absolute atomic E-state index is 11.3. The second kappa shape index (κ2) is 5.87. The number of hydrogen-bond acceptors (Lipinski definition) is 3. The lowest BCUT2D eigenvalue weighted by molar-refractivity contribution is 0.0699. The quantitative estimate of drug-likeness (QED) is 0.799. The molecule has 5 heteroatoms. The third kappa shape index (κ3) is 2.80. The number of carboxylic acids is 1. The van der Waals surface area contributed by atoms with Crippen LogP contribution < -0.4 is 5.32 Å². The molecule has 1 aliphatic heterocycles. The zero-order chi connectivity index (χ0) is 14.8. The number of para-hydroxylation sites is 1. The van der Waals surface area contributed by atoms with Crippen molar-refractivity contribution in [3.05, 3.63) is 35.0 Å². The number of rotatable bonds is 4. The van der Waals surface area contributed by atoms with Gasteiger partial charge in [0.05, 0.1) is 11.1 Å². The maximum atomic E-state index is 11.3. The molecule has 1 aromatic heterocycles. The van der Waals surface area contributed by atoms with Gasteiger partial charge < -0.3 is 20.3 Å². The fourth-order valence-corrected chi connectivity index (χ4v) is 3.11. The fourth-order valence-electron chi connectivity index (χ4n) is 3.11. The van der Waals surface area contributed by atoms with Crippen LogP contribution in [-0.2, 0) is 6.42 Å². The molecule has 0 bridgehead atoms. The first-order chi connectivity index (χ1) is 10.2. The van der Waals surface area contributed by atoms with Crippen molar-refractivity contribution in [1.29, 1.82) is 0 Å². The molecule has 0 amide bonds. The van der Waals surface area contributed by atoms with Gasteiger partial charge in [0, 0.05) is 43.8 Å². The van der Waals surface area contributed by atoms with E-state index in [1.807, 2.05) is 19.1 Å². The minimum Gasteiger partial charge on any atom is -0.478 e. The SMILES string of the molecule is Cc1[nH]c2c(C(=O)O)cccc2c1CCN1CCNCC1. The number of aromatic carboxylic acids is 1. The second-order valence-electron chi connectivity index (χ2n) is 5.60. The van der Waals surface area contributed by atoms with E-state index in [4.69, 9.17) is 0 Å². The van der Waals surface area contributed by atoms with Crippen LogP contribution in [0.5, 0.6) is 0 Å². The van der Waals surface area contributed by atoms with E-state index in [-0.39, 0.29) is 0 Å². The molecule has 2 aromatic rings. The Hall–Kier alpha value is -1.85. The number of benzene rings is 1. The lowest BCUT2D eigenvalue weighted by Gasteiger charge is -2.27. The summed E-state index contributed by atoms with van der Waals surface area (Å²) in [5.74, 6) is -0.879. The first kappa shape index (κ1) is 14.1. The number of fused-ring (bicyclic) bond motifs is 1. The van der Waals surface area contributed by atoms with Gasteiger partial charge in [-0.05, 0) is 25.0 Å². The molecule has 0 atom stereocenters. The van der Waals surface area contributed by atoms with Gasteiger partial charge in [-0.3, -0.25) is 0 Å². The van der Waals surface area contributed by atoms with E-state index in [1.165, 1.54) is 5.56 Å². The van der Waals surface area contributed by atoms with Crippen LogP contribution >= 0.6 is 0 Å². The van der Waals surface area contributed by atoms with Crippen molar-refractivity contribution < 1.29 is 9.90 Å². The third-order valence-electron chi connectivity index (χ3n) is 4.27. The highest BCUT2D eigenvalue weighted by atomic mass is 16.4. The minimum absolute atomic E-state index is 0.351. The van der Waals surface area contributed by atoms with Gasteiger partial charge in [-0.15, -0.1) is 0 Å². The summed E-state index contributed by atoms with van der Waals surface area (Å²) < 4.78 is 0. The van der Waals surface area contributed by atoms with Gasteiger partial charge in [0.15, 0.2) is 0 Å². The summed E-state index contributed by atoms with van der Waals surface area (Å²) in [4.78, 5) is 17.0. The molecule has 112 valence electrons. The van der Waals surface area contributed by atoms with E-state index in [0.29, 0.717) is 5.56 Å². The molecule has 1 aliphatic rings. The van der Waals surface area contributed by atoms with Crippen molar-refractivity contribution in [1.82, 2.24) is 15.2 Å². The van der Waals surface area contributed by atoms with E-state index >= 15 is 0 Å². The van der Waals surface area contributed by atoms with Crippen molar-refractivity contribution in [2.75, 3.05) is 32.7 Å². The second-order valence-corrected chi connectivity index (χ2v) is 5.60. The zero-order valence-corrected chi connectivity index (χ0v) is 12.3. The Morgan fingerprint density at radius 1 is 1.33 bits per heavy atom. The van der Waals surface area contributed by atoms with Gasteiger partial charge >= 0.3 is 5.97 Å². The lowest BCUT2D eigenvalue weighted by atomic mass is 10.0. The van der Waals surface area contributed by atoms with E-state index in [2.05, 4.69) is 15.2 Å². The van der Waals surface area contributed by atoms with Gasteiger partial charge in [-0.1, -0.05) is 12.1 Å². The molecular formula is C16H21N3O2. The Morgan fingerprint density at radius 2 is 2.10 bits per heavy atom. The molecule has 0 unspecified atom stereocenters. The smallest absolute Gasteiger partial charge is 0.337 e. The molecule has 21 heavy (non-hydrogen) atoms. The Bertz CT molecular complexity index is 657. The standard InChI is InChI=1S/C16H21N3O2/c1-11-12(5-8-19-9-6-17-7-10-19)13-3-2-4-14(16(20)21)15(13)18-11/h2-4,17-18H,5-10H2,1H3,(H,20,21). The molecule has 1 aromatic carbocycles. The minimum atomic E-state index is -0.879. The van der Waals surface area contributed by atoms with E-state index in [0.717, 1.165) is 55.7 Å². The third-order valence-corrected chi connectivity index (χ3v) is 4.27. The number of nitrogens with one attached hydrogen (secondary N) is 2. The highest BCUT2D eigenvalue weighted by Crippen LogP contribution is 2.25. The molecule has 3 N–H and O–H groups in total. The van der Waals surface area contributed by atoms with Gasteiger partial charge in [0.1, 0.15) is 0 Å². The van der Waals surface area contributed by atoms with Crippen LogP contribution in [0.3, 0.4) is 0 Å². The Kier molecular flexibility index (Phi) is 3.94. The normalized spacial score (nSPS) is 16.4. The molecule has 1 saturated heterocycles. The number of aryl methyl sites for hydroxylation is 1. The number of piperazine rings is 1. The van der Waals surface area contributed by atoms with E-state index in [9.17, 15) is 9.90 Å². The van der Waals surface area contributed by atoms with E-state index < -0.39 is 5.97 Å². The predicted octanol–water partition coefficient (Wildman–Crippen LogP) is 1.62. The topological polar surface area (TPSA) is 68.4 Å². The summed E-state index contributed by atoms with van der Waals surface area (Å²) in [5, 5.41) is 13.7. The summed E-state index contributed by atoms with van der Waals surface area (Å²) in [6.07, 6.45) is 0.953. The van der Waals surface area contributed by atoms with Gasteiger partial charge in [0.2, 0.25) is 0 Å². The maximum Gasteiger partial charge on any atom is 0.337 e. The summed E-state index contributed by atoms with van der Waals surface area (Å²) in [5.41, 5.74) is 3.42. The highest BCUT2D eigenvalue weighted by molar-refractivity contribution is 6.03. The number of carboxylic acid groups (broad SMARTS) is 1. The molecule has 0 radical (unpaired) electrons. The van der Waals surface area contributed by atoms with Crippen molar-refractivity contribution in [2.45, 2.75) is 13.3 Å². The number of hydrogen-bond donors (Lipinski definition) is 3. The van der Waals surface area contributed by atoms with Crippen LogP contribution in [0.2, 0.25) is 0 Å². The Morgan fingerprint density at radius 3 is 2.81 bits per heavy atom. The van der Waals surface area contributed by atoms with E-state index in [1.54, 1.807) is 6.07 Å². The largest absolute Gasteiger partial charge is 0.478 e. The predicted molar refractivity (Wildman–Crippen MR) is 83.0 cm³/mol. The first-order valence-electron chi connectivity index (χ1n) is 7.43. The van der Waals surface area contributed by atoms with Crippen molar-refractivity contribution in [3.8, 4) is 0 Å². The number of aromatic nitrogens is 1. The number of H-pyrrole nitrogens is 1. The van der Waals surface area contributed by atoms with Gasteiger partial charge in [0.25, 0.3) is 0 Å². The Labute approximate surface area is 124 Å². The lowest BCUT2D eigenvalue weighted by Crippen LogP contribution is -2.44. The monoisotopic (exact) mass is 287 g/mol. The molecule has 0 aliphatic carbocycles. The molecule has 2 heterocycles. The number of aromatic amines is 1. The number of carbonyl (C=O) groups is 1. The van der Waals surface area contributed by atoms with Crippen molar-refractivity contribution in [2.24, 2.45) is 0 Å². The summed E-state index contributed by atoms with van der Waals surface area (Å²) in [6, 6.07) is 5.49. The average Bonchev–Trinajstić information content (AvgIpc) is 2.81. The molecule has 5 nitrogen and oxygen atoms in total. The summed E-state index contributed by atoms with van der Waals surface area (Å²) >= 11 is 0. The molecule has 1 fully saturated rings. The number of nitrogens with zero attached hydrogens (tertiary/aromatic N) is 1. The zero-order valence-electron chi connectivity index (χ0n) is 12.3.